The summed E-state index contributed by atoms with van der Waals surface area (Å²) in [5.74, 6) is 0.596. The lowest BCUT2D eigenvalue weighted by Crippen LogP contribution is -3.00. The Morgan fingerprint density at radius 3 is 2.44 bits per heavy atom. The Balaban J connectivity index is 0.00000225. The van der Waals surface area contributed by atoms with Crippen molar-refractivity contribution in [3.05, 3.63) is 23.7 Å². The Kier molecular flexibility index (Phi) is 6.02. The van der Waals surface area contributed by atoms with Crippen LogP contribution < -0.4 is 24.0 Å². The van der Waals surface area contributed by atoms with Crippen LogP contribution in [0.1, 0.15) is 16.3 Å². The van der Waals surface area contributed by atoms with Crippen molar-refractivity contribution in [2.45, 2.75) is 6.92 Å². The van der Waals surface area contributed by atoms with Crippen LogP contribution in [0.25, 0.3) is 0 Å². The molecule has 1 aromatic rings. The van der Waals surface area contributed by atoms with Crippen LogP contribution in [0.2, 0.25) is 0 Å². The van der Waals surface area contributed by atoms with Crippen molar-refractivity contribution in [3.63, 3.8) is 0 Å². The third-order valence-corrected chi connectivity index (χ3v) is 1.94. The van der Waals surface area contributed by atoms with Gasteiger partial charge in [0.1, 0.15) is 18.9 Å². The average Bonchev–Trinajstić information content (AvgIpc) is 2.49. The number of carbonyl (C=O) groups is 1. The molecule has 92 valence electrons. The molecule has 5 heteroatoms. The zero-order valence-corrected chi connectivity index (χ0v) is 12.3. The van der Waals surface area contributed by atoms with Crippen molar-refractivity contribution >= 4 is 5.97 Å². The number of esters is 1. The van der Waals surface area contributed by atoms with Crippen molar-refractivity contribution in [1.82, 2.24) is 0 Å². The first-order valence-corrected chi connectivity index (χ1v) is 4.92. The van der Waals surface area contributed by atoms with E-state index in [-0.39, 0.29) is 29.7 Å². The second-order valence-electron chi connectivity index (χ2n) is 4.56. The summed E-state index contributed by atoms with van der Waals surface area (Å²) in [6.07, 6.45) is 0. The van der Waals surface area contributed by atoms with Gasteiger partial charge in [-0.05, 0) is 19.1 Å². The van der Waals surface area contributed by atoms with Crippen molar-refractivity contribution in [1.29, 1.82) is 0 Å². The van der Waals surface area contributed by atoms with Gasteiger partial charge in [-0.3, -0.25) is 0 Å². The molecule has 0 radical (unpaired) electrons. The minimum Gasteiger partial charge on any atom is -1.00 e. The Morgan fingerprint density at radius 1 is 1.38 bits per heavy atom. The Morgan fingerprint density at radius 2 is 2.00 bits per heavy atom. The molecule has 0 atom stereocenters. The fourth-order valence-electron chi connectivity index (χ4n) is 1.03. The zero-order chi connectivity index (χ0) is 11.5. The van der Waals surface area contributed by atoms with Crippen LogP contribution in [0, 0.1) is 6.92 Å². The van der Waals surface area contributed by atoms with E-state index in [2.05, 4.69) is 0 Å². The molecular weight excluding hydrogens is 321 g/mol. The number of halogens is 1. The molecule has 0 aliphatic heterocycles. The number of rotatable bonds is 4. The van der Waals surface area contributed by atoms with Crippen molar-refractivity contribution in [3.8, 4) is 0 Å². The molecule has 0 aromatic carbocycles. The predicted octanol–water partition coefficient (Wildman–Crippen LogP) is -1.54. The summed E-state index contributed by atoms with van der Waals surface area (Å²) < 4.78 is 11.0. The lowest BCUT2D eigenvalue weighted by molar-refractivity contribution is -0.870. The molecule has 1 heterocycles. The summed E-state index contributed by atoms with van der Waals surface area (Å²) in [5, 5.41) is 0. The highest BCUT2D eigenvalue weighted by atomic mass is 127. The van der Waals surface area contributed by atoms with Gasteiger partial charge >= 0.3 is 5.97 Å². The molecule has 1 aromatic heterocycles. The van der Waals surface area contributed by atoms with Crippen molar-refractivity contribution in [2.24, 2.45) is 0 Å². The number of carbonyl (C=O) groups excluding carboxylic acids is 1. The number of hydrogen-bond acceptors (Lipinski definition) is 3. The molecule has 0 saturated carbocycles. The van der Waals surface area contributed by atoms with Crippen LogP contribution in [0.4, 0.5) is 0 Å². The van der Waals surface area contributed by atoms with Gasteiger partial charge in [-0.2, -0.15) is 0 Å². The van der Waals surface area contributed by atoms with E-state index in [9.17, 15) is 4.79 Å². The van der Waals surface area contributed by atoms with Gasteiger partial charge in [0.15, 0.2) is 0 Å². The molecule has 0 amide bonds. The van der Waals surface area contributed by atoms with Crippen LogP contribution >= 0.6 is 0 Å². The van der Waals surface area contributed by atoms with Crippen molar-refractivity contribution in [2.75, 3.05) is 34.3 Å². The fraction of sp³-hybridized carbons (Fsp3) is 0.545. The van der Waals surface area contributed by atoms with Gasteiger partial charge in [-0.1, -0.05) is 0 Å². The first-order chi connectivity index (χ1) is 6.88. The maximum absolute atomic E-state index is 11.4. The van der Waals surface area contributed by atoms with Gasteiger partial charge < -0.3 is 37.6 Å². The number of quaternary nitrogens is 1. The standard InChI is InChI=1S/C11H18NO3.HI/c1-9-5-6-10(15-9)11(13)14-8-7-12(2,3)4;/h5-6H,7-8H2,1-4H3;1H/q+1;/p-1. The van der Waals surface area contributed by atoms with E-state index in [1.165, 1.54) is 0 Å². The lowest BCUT2D eigenvalue weighted by atomic mass is 10.4. The molecular formula is C11H18INO3. The van der Waals surface area contributed by atoms with Gasteiger partial charge in [0, 0.05) is 0 Å². The molecule has 1 rings (SSSR count). The van der Waals surface area contributed by atoms with E-state index in [4.69, 9.17) is 9.15 Å². The first-order valence-electron chi connectivity index (χ1n) is 4.92. The summed E-state index contributed by atoms with van der Waals surface area (Å²) in [4.78, 5) is 11.4. The third kappa shape index (κ3) is 5.50. The zero-order valence-electron chi connectivity index (χ0n) is 10.1. The van der Waals surface area contributed by atoms with E-state index in [1.807, 2.05) is 21.1 Å². The van der Waals surface area contributed by atoms with E-state index in [0.29, 0.717) is 12.4 Å². The molecule has 16 heavy (non-hydrogen) atoms. The summed E-state index contributed by atoms with van der Waals surface area (Å²) in [6, 6.07) is 3.38. The predicted molar refractivity (Wildman–Crippen MR) is 56.6 cm³/mol. The van der Waals surface area contributed by atoms with E-state index in [0.717, 1.165) is 11.0 Å². The van der Waals surface area contributed by atoms with Gasteiger partial charge in [-0.15, -0.1) is 0 Å². The van der Waals surface area contributed by atoms with Crippen LogP contribution in [0.5, 0.6) is 0 Å². The number of nitrogens with zero attached hydrogens (tertiary/aromatic N) is 1. The largest absolute Gasteiger partial charge is 1.00 e. The maximum Gasteiger partial charge on any atom is 0.374 e. The van der Waals surface area contributed by atoms with Crippen LogP contribution in [-0.4, -0.2) is 44.7 Å². The minimum absolute atomic E-state index is 0. The second-order valence-corrected chi connectivity index (χ2v) is 4.56. The molecule has 0 spiro atoms. The van der Waals surface area contributed by atoms with Gasteiger partial charge in [0.2, 0.25) is 5.76 Å². The monoisotopic (exact) mass is 339 g/mol. The Bertz CT molecular complexity index is 341. The highest BCUT2D eigenvalue weighted by Crippen LogP contribution is 2.07. The van der Waals surface area contributed by atoms with Crippen LogP contribution in [-0.2, 0) is 4.74 Å². The SMILES string of the molecule is Cc1ccc(C(=O)OCC[N+](C)(C)C)o1.[I-]. The number of hydrogen-bond donors (Lipinski definition) is 0. The normalized spacial score (nSPS) is 10.8. The topological polar surface area (TPSA) is 39.4 Å². The van der Waals surface area contributed by atoms with Gasteiger partial charge in [0.25, 0.3) is 0 Å². The van der Waals surface area contributed by atoms with Crippen molar-refractivity contribution < 1.29 is 42.4 Å². The molecule has 4 nitrogen and oxygen atoms in total. The molecule has 0 aliphatic rings. The smallest absolute Gasteiger partial charge is 0.374 e. The molecule has 0 bridgehead atoms. The molecule has 0 unspecified atom stereocenters. The number of likely N-dealkylation sites (N-methyl/N-ethyl adjacent to an activating group) is 1. The summed E-state index contributed by atoms with van der Waals surface area (Å²) in [6.45, 7) is 2.98. The summed E-state index contributed by atoms with van der Waals surface area (Å²) >= 11 is 0. The average molecular weight is 339 g/mol. The van der Waals surface area contributed by atoms with Gasteiger partial charge in [-0.25, -0.2) is 4.79 Å². The maximum atomic E-state index is 11.4. The van der Waals surface area contributed by atoms with Crippen LogP contribution in [0.15, 0.2) is 16.5 Å². The summed E-state index contributed by atoms with van der Waals surface area (Å²) in [5.41, 5.74) is 0. The van der Waals surface area contributed by atoms with E-state index < -0.39 is 5.97 Å². The quantitative estimate of drug-likeness (QED) is 0.379. The first kappa shape index (κ1) is 15.4. The van der Waals surface area contributed by atoms with Crippen LogP contribution in [0.3, 0.4) is 0 Å². The minimum atomic E-state index is -0.392. The highest BCUT2D eigenvalue weighted by Gasteiger charge is 2.13. The number of ether oxygens (including phenoxy) is 1. The molecule has 0 N–H and O–H groups in total. The fourth-order valence-corrected chi connectivity index (χ4v) is 1.03. The Labute approximate surface area is 113 Å². The third-order valence-electron chi connectivity index (χ3n) is 1.94. The molecule has 0 fully saturated rings. The highest BCUT2D eigenvalue weighted by molar-refractivity contribution is 5.86. The van der Waals surface area contributed by atoms with Gasteiger partial charge in [0.05, 0.1) is 21.1 Å². The second kappa shape index (κ2) is 6.24. The summed E-state index contributed by atoms with van der Waals surface area (Å²) in [7, 11) is 6.14. The lowest BCUT2D eigenvalue weighted by Gasteiger charge is -2.23. The molecule has 0 saturated heterocycles. The number of furan rings is 1. The molecule has 0 aliphatic carbocycles. The van der Waals surface area contributed by atoms with E-state index >= 15 is 0 Å². The number of aryl methyl sites for hydroxylation is 1. The Hall–Kier alpha value is -0.560. The van der Waals surface area contributed by atoms with E-state index in [1.54, 1.807) is 19.1 Å².